The molecule has 0 fully saturated rings. The predicted molar refractivity (Wildman–Crippen MR) is 78.8 cm³/mol. The molecule has 0 saturated carbocycles. The van der Waals surface area contributed by atoms with Crippen molar-refractivity contribution in [1.82, 2.24) is 9.55 Å². The Bertz CT molecular complexity index is 812. The summed E-state index contributed by atoms with van der Waals surface area (Å²) >= 11 is 0. The summed E-state index contributed by atoms with van der Waals surface area (Å²) in [5, 5.41) is 9.42. The van der Waals surface area contributed by atoms with Gasteiger partial charge in [-0.1, -0.05) is 12.1 Å². The molecule has 3 rings (SSSR count). The van der Waals surface area contributed by atoms with Crippen LogP contribution in [0.4, 0.5) is 4.39 Å². The third kappa shape index (κ3) is 2.30. The van der Waals surface area contributed by atoms with Gasteiger partial charge in [-0.05, 0) is 35.4 Å². The summed E-state index contributed by atoms with van der Waals surface area (Å²) in [7, 11) is 1.83. The third-order valence-electron chi connectivity index (χ3n) is 3.41. The molecule has 0 aliphatic rings. The summed E-state index contributed by atoms with van der Waals surface area (Å²) in [6, 6.07) is 12.2. The van der Waals surface area contributed by atoms with E-state index in [0.717, 1.165) is 22.3 Å². The molecule has 0 amide bonds. The van der Waals surface area contributed by atoms with E-state index in [1.807, 2.05) is 25.4 Å². The van der Waals surface area contributed by atoms with Crippen LogP contribution in [0.2, 0.25) is 0 Å². The fraction of sp³-hybridized carbons (Fsp3) is 0.0588. The van der Waals surface area contributed by atoms with Gasteiger partial charge in [0.15, 0.2) is 0 Å². The summed E-state index contributed by atoms with van der Waals surface area (Å²) in [5.74, 6) is -0.293. The van der Waals surface area contributed by atoms with Crippen molar-refractivity contribution in [3.8, 4) is 28.3 Å². The van der Waals surface area contributed by atoms with Crippen LogP contribution in [0.3, 0.4) is 0 Å². The predicted octanol–water partition coefficient (Wildman–Crippen LogP) is 3.76. The first-order chi connectivity index (χ1) is 10.2. The maximum Gasteiger partial charge on any atom is 0.128 e. The van der Waals surface area contributed by atoms with E-state index in [0.29, 0.717) is 5.69 Å². The molecule has 0 spiro atoms. The molecule has 0 unspecified atom stereocenters. The van der Waals surface area contributed by atoms with Crippen molar-refractivity contribution in [2.45, 2.75) is 0 Å². The van der Waals surface area contributed by atoms with Crippen molar-refractivity contribution in [3.05, 3.63) is 66.5 Å². The van der Waals surface area contributed by atoms with E-state index in [9.17, 15) is 9.65 Å². The minimum atomic E-state index is -0.293. The lowest BCUT2D eigenvalue weighted by Gasteiger charge is -2.05. The number of hydrogen-bond acceptors (Lipinski definition) is 2. The third-order valence-corrected chi connectivity index (χ3v) is 3.41. The molecule has 0 atom stereocenters. The fourth-order valence-electron chi connectivity index (χ4n) is 2.42. The Hall–Kier alpha value is -2.93. The molecule has 1 aromatic carbocycles. The molecule has 0 aliphatic heterocycles. The number of aromatic nitrogens is 2. The lowest BCUT2D eigenvalue weighted by molar-refractivity contribution is 0.628. The quantitative estimate of drug-likeness (QED) is 0.715. The minimum absolute atomic E-state index is 0.293. The van der Waals surface area contributed by atoms with Gasteiger partial charge in [-0.15, -0.1) is 0 Å². The molecule has 2 aromatic heterocycles. The van der Waals surface area contributed by atoms with Crippen molar-refractivity contribution in [2.24, 2.45) is 7.05 Å². The zero-order valence-electron chi connectivity index (χ0n) is 11.4. The van der Waals surface area contributed by atoms with Gasteiger partial charge < -0.3 is 4.57 Å². The topological polar surface area (TPSA) is 41.6 Å². The highest BCUT2D eigenvalue weighted by Crippen LogP contribution is 2.35. The first kappa shape index (κ1) is 13.1. The summed E-state index contributed by atoms with van der Waals surface area (Å²) in [6.45, 7) is 0. The van der Waals surface area contributed by atoms with Crippen LogP contribution in [-0.2, 0) is 7.05 Å². The van der Waals surface area contributed by atoms with Gasteiger partial charge in [-0.25, -0.2) is 4.39 Å². The number of hydrogen-bond donors (Lipinski definition) is 0. The molecular weight excluding hydrogens is 265 g/mol. The number of aryl methyl sites for hydroxylation is 1. The van der Waals surface area contributed by atoms with Gasteiger partial charge in [-0.3, -0.25) is 4.98 Å². The van der Waals surface area contributed by atoms with Crippen LogP contribution in [0.25, 0.3) is 22.3 Å². The first-order valence-corrected chi connectivity index (χ1v) is 6.46. The highest BCUT2D eigenvalue weighted by molar-refractivity contribution is 5.87. The number of halogens is 1. The normalized spacial score (nSPS) is 10.3. The average molecular weight is 277 g/mol. The van der Waals surface area contributed by atoms with Crippen molar-refractivity contribution < 1.29 is 4.39 Å². The lowest BCUT2D eigenvalue weighted by Crippen LogP contribution is -1.90. The van der Waals surface area contributed by atoms with Crippen LogP contribution in [0, 0.1) is 17.1 Å². The van der Waals surface area contributed by atoms with Gasteiger partial charge in [0.05, 0.1) is 0 Å². The number of pyridine rings is 1. The molecule has 3 aromatic rings. The second kappa shape index (κ2) is 5.22. The van der Waals surface area contributed by atoms with Crippen LogP contribution in [0.5, 0.6) is 0 Å². The molecular formula is C17H12FN3. The molecule has 4 heteroatoms. The highest BCUT2D eigenvalue weighted by atomic mass is 19.1. The smallest absolute Gasteiger partial charge is 0.128 e. The standard InChI is InChI=1S/C17H12FN3/c1-21-11-15(12-6-8-20-9-7-12)17(16(21)10-19)13-2-4-14(18)5-3-13/h2-9,11H,1H3. The minimum Gasteiger partial charge on any atom is -0.341 e. The van der Waals surface area contributed by atoms with E-state index in [1.54, 1.807) is 29.1 Å². The van der Waals surface area contributed by atoms with E-state index in [-0.39, 0.29) is 5.82 Å². The van der Waals surface area contributed by atoms with Gasteiger partial charge in [0.1, 0.15) is 17.6 Å². The Morgan fingerprint density at radius 1 is 1.05 bits per heavy atom. The lowest BCUT2D eigenvalue weighted by atomic mass is 9.97. The van der Waals surface area contributed by atoms with Crippen molar-refractivity contribution >= 4 is 0 Å². The second-order valence-electron chi connectivity index (χ2n) is 4.73. The van der Waals surface area contributed by atoms with Gasteiger partial charge >= 0.3 is 0 Å². The molecule has 0 bridgehead atoms. The Morgan fingerprint density at radius 3 is 2.33 bits per heavy atom. The zero-order chi connectivity index (χ0) is 14.8. The van der Waals surface area contributed by atoms with E-state index in [1.165, 1.54) is 12.1 Å². The molecule has 0 aliphatic carbocycles. The summed E-state index contributed by atoms with van der Waals surface area (Å²) in [5.41, 5.74) is 4.09. The number of nitriles is 1. The Morgan fingerprint density at radius 2 is 1.71 bits per heavy atom. The summed E-state index contributed by atoms with van der Waals surface area (Å²) in [6.07, 6.45) is 5.33. The number of benzene rings is 1. The van der Waals surface area contributed by atoms with E-state index in [4.69, 9.17) is 0 Å². The first-order valence-electron chi connectivity index (χ1n) is 6.46. The van der Waals surface area contributed by atoms with Crippen molar-refractivity contribution in [2.75, 3.05) is 0 Å². The van der Waals surface area contributed by atoms with Gasteiger partial charge in [0.2, 0.25) is 0 Å². The maximum atomic E-state index is 13.1. The zero-order valence-corrected chi connectivity index (χ0v) is 11.4. The molecule has 0 saturated heterocycles. The van der Waals surface area contributed by atoms with Gasteiger partial charge in [-0.2, -0.15) is 5.26 Å². The molecule has 102 valence electrons. The van der Waals surface area contributed by atoms with Crippen LogP contribution >= 0.6 is 0 Å². The SMILES string of the molecule is Cn1cc(-c2ccncc2)c(-c2ccc(F)cc2)c1C#N. The molecule has 21 heavy (non-hydrogen) atoms. The van der Waals surface area contributed by atoms with Crippen molar-refractivity contribution in [1.29, 1.82) is 5.26 Å². The number of nitrogens with zero attached hydrogens (tertiary/aromatic N) is 3. The fourth-order valence-corrected chi connectivity index (χ4v) is 2.42. The van der Waals surface area contributed by atoms with Gasteiger partial charge in [0.25, 0.3) is 0 Å². The number of rotatable bonds is 2. The molecule has 3 nitrogen and oxygen atoms in total. The summed E-state index contributed by atoms with van der Waals surface area (Å²) < 4.78 is 14.9. The monoisotopic (exact) mass is 277 g/mol. The molecule has 0 N–H and O–H groups in total. The van der Waals surface area contributed by atoms with Crippen LogP contribution < -0.4 is 0 Å². The Balaban J connectivity index is 2.27. The summed E-state index contributed by atoms with van der Waals surface area (Å²) in [4.78, 5) is 4.01. The van der Waals surface area contributed by atoms with E-state index in [2.05, 4.69) is 11.1 Å². The molecule has 0 radical (unpaired) electrons. The largest absolute Gasteiger partial charge is 0.341 e. The van der Waals surface area contributed by atoms with Crippen molar-refractivity contribution in [3.63, 3.8) is 0 Å². The van der Waals surface area contributed by atoms with E-state index < -0.39 is 0 Å². The maximum absolute atomic E-state index is 13.1. The highest BCUT2D eigenvalue weighted by Gasteiger charge is 2.17. The van der Waals surface area contributed by atoms with Crippen LogP contribution in [0.1, 0.15) is 5.69 Å². The van der Waals surface area contributed by atoms with Crippen LogP contribution in [0.15, 0.2) is 55.0 Å². The molecule has 2 heterocycles. The van der Waals surface area contributed by atoms with E-state index >= 15 is 0 Å². The Labute approximate surface area is 121 Å². The second-order valence-corrected chi connectivity index (χ2v) is 4.73. The Kier molecular flexibility index (Phi) is 3.25. The average Bonchev–Trinajstić information content (AvgIpc) is 2.85. The van der Waals surface area contributed by atoms with Gasteiger partial charge in [0, 0.05) is 36.8 Å². The van der Waals surface area contributed by atoms with Crippen LogP contribution in [-0.4, -0.2) is 9.55 Å².